The van der Waals surface area contributed by atoms with Crippen LogP contribution in [0.4, 0.5) is 0 Å². The average Bonchev–Trinajstić information content (AvgIpc) is 2.47. The van der Waals surface area contributed by atoms with Crippen LogP contribution in [0, 0.1) is 18.3 Å². The van der Waals surface area contributed by atoms with Crippen LogP contribution in [-0.4, -0.2) is 9.97 Å². The number of rotatable bonds is 5. The van der Waals surface area contributed by atoms with E-state index in [0.717, 1.165) is 24.0 Å². The molecule has 4 nitrogen and oxygen atoms in total. The van der Waals surface area contributed by atoms with E-state index in [1.165, 1.54) is 0 Å². The number of nitrogens with zero attached hydrogens (tertiary/aromatic N) is 3. The zero-order valence-corrected chi connectivity index (χ0v) is 12.8. The van der Waals surface area contributed by atoms with Crippen LogP contribution in [0.2, 0.25) is 5.15 Å². The lowest BCUT2D eigenvalue weighted by Gasteiger charge is -2.10. The fourth-order valence-corrected chi connectivity index (χ4v) is 2.00. The second-order valence-electron chi connectivity index (χ2n) is 4.69. The van der Waals surface area contributed by atoms with Gasteiger partial charge in [-0.1, -0.05) is 30.7 Å². The van der Waals surface area contributed by atoms with Crippen LogP contribution in [0.5, 0.6) is 11.6 Å². The Hall–Kier alpha value is -2.12. The van der Waals surface area contributed by atoms with E-state index in [4.69, 9.17) is 21.6 Å². The van der Waals surface area contributed by atoms with E-state index in [2.05, 4.69) is 23.0 Å². The molecule has 2 aromatic rings. The number of aromatic nitrogens is 2. The van der Waals surface area contributed by atoms with E-state index < -0.39 is 0 Å². The summed E-state index contributed by atoms with van der Waals surface area (Å²) in [7, 11) is 0. The number of benzene rings is 1. The van der Waals surface area contributed by atoms with Crippen LogP contribution >= 0.6 is 11.6 Å². The molecule has 0 atom stereocenters. The van der Waals surface area contributed by atoms with Crippen molar-refractivity contribution in [1.82, 2.24) is 9.97 Å². The standard InChI is InChI=1S/C16H16ClN3O/c1-3-4-14-19-15(17)11(2)16(20-14)21-13-7-5-12(6-8-13)9-10-18/h5-8H,3-4,9H2,1-2H3. The molecule has 5 heteroatoms. The summed E-state index contributed by atoms with van der Waals surface area (Å²) in [6, 6.07) is 9.48. The van der Waals surface area contributed by atoms with E-state index in [1.54, 1.807) is 0 Å². The lowest BCUT2D eigenvalue weighted by Crippen LogP contribution is -2.01. The zero-order valence-electron chi connectivity index (χ0n) is 12.1. The van der Waals surface area contributed by atoms with Crippen molar-refractivity contribution in [2.45, 2.75) is 33.1 Å². The fraction of sp³-hybridized carbons (Fsp3) is 0.312. The Morgan fingerprint density at radius 2 is 1.95 bits per heavy atom. The monoisotopic (exact) mass is 301 g/mol. The molecule has 0 aliphatic heterocycles. The van der Waals surface area contributed by atoms with Gasteiger partial charge in [-0.15, -0.1) is 0 Å². The van der Waals surface area contributed by atoms with Gasteiger partial charge < -0.3 is 4.74 Å². The van der Waals surface area contributed by atoms with E-state index >= 15 is 0 Å². The molecule has 108 valence electrons. The number of aryl methyl sites for hydroxylation is 1. The first-order chi connectivity index (χ1) is 10.1. The maximum atomic E-state index is 8.66. The smallest absolute Gasteiger partial charge is 0.226 e. The molecule has 0 unspecified atom stereocenters. The molecule has 0 amide bonds. The van der Waals surface area contributed by atoms with Gasteiger partial charge in [-0.25, -0.2) is 4.98 Å². The minimum Gasteiger partial charge on any atom is -0.439 e. The third-order valence-electron chi connectivity index (χ3n) is 2.98. The van der Waals surface area contributed by atoms with E-state index in [-0.39, 0.29) is 0 Å². The summed E-state index contributed by atoms with van der Waals surface area (Å²) >= 11 is 6.12. The summed E-state index contributed by atoms with van der Waals surface area (Å²) in [6.45, 7) is 3.89. The summed E-state index contributed by atoms with van der Waals surface area (Å²) < 4.78 is 5.79. The Kier molecular flexibility index (Phi) is 5.13. The molecule has 0 aliphatic carbocycles. The lowest BCUT2D eigenvalue weighted by molar-refractivity contribution is 0.454. The molecule has 0 fully saturated rings. The maximum Gasteiger partial charge on any atom is 0.226 e. The average molecular weight is 302 g/mol. The van der Waals surface area contributed by atoms with Gasteiger partial charge in [-0.05, 0) is 31.0 Å². The highest BCUT2D eigenvalue weighted by Crippen LogP contribution is 2.27. The van der Waals surface area contributed by atoms with Crippen molar-refractivity contribution in [1.29, 1.82) is 5.26 Å². The molecule has 0 spiro atoms. The van der Waals surface area contributed by atoms with Gasteiger partial charge in [0.25, 0.3) is 0 Å². The molecule has 21 heavy (non-hydrogen) atoms. The summed E-state index contributed by atoms with van der Waals surface area (Å²) in [4.78, 5) is 8.65. The molecule has 1 heterocycles. The summed E-state index contributed by atoms with van der Waals surface area (Å²) in [5.41, 5.74) is 1.67. The predicted molar refractivity (Wildman–Crippen MR) is 81.6 cm³/mol. The highest BCUT2D eigenvalue weighted by molar-refractivity contribution is 6.30. The van der Waals surface area contributed by atoms with Crippen molar-refractivity contribution < 1.29 is 4.74 Å². The number of ether oxygens (including phenoxy) is 1. The van der Waals surface area contributed by atoms with Crippen molar-refractivity contribution >= 4 is 11.6 Å². The Morgan fingerprint density at radius 3 is 2.57 bits per heavy atom. The van der Waals surface area contributed by atoms with Crippen LogP contribution in [0.3, 0.4) is 0 Å². The lowest BCUT2D eigenvalue weighted by atomic mass is 10.2. The van der Waals surface area contributed by atoms with E-state index in [9.17, 15) is 0 Å². The number of hydrogen-bond donors (Lipinski definition) is 0. The molecular formula is C16H16ClN3O. The fourth-order valence-electron chi connectivity index (χ4n) is 1.82. The predicted octanol–water partition coefficient (Wildman–Crippen LogP) is 4.25. The Morgan fingerprint density at radius 1 is 1.24 bits per heavy atom. The normalized spacial score (nSPS) is 10.2. The zero-order chi connectivity index (χ0) is 15.2. The van der Waals surface area contributed by atoms with Crippen LogP contribution < -0.4 is 4.74 Å². The molecule has 1 aromatic carbocycles. The molecule has 1 aromatic heterocycles. The Labute approximate surface area is 129 Å². The Bertz CT molecular complexity index is 662. The first-order valence-electron chi connectivity index (χ1n) is 6.80. The van der Waals surface area contributed by atoms with E-state index in [1.807, 2.05) is 31.2 Å². The SMILES string of the molecule is CCCc1nc(Cl)c(C)c(Oc2ccc(CC#N)cc2)n1. The molecule has 0 bridgehead atoms. The highest BCUT2D eigenvalue weighted by Gasteiger charge is 2.11. The second kappa shape index (κ2) is 7.05. The van der Waals surface area contributed by atoms with Gasteiger partial charge in [-0.2, -0.15) is 10.2 Å². The summed E-state index contributed by atoms with van der Waals surface area (Å²) in [5, 5.41) is 9.08. The van der Waals surface area contributed by atoms with Gasteiger partial charge in [-0.3, -0.25) is 0 Å². The van der Waals surface area contributed by atoms with Crippen molar-refractivity contribution in [2.24, 2.45) is 0 Å². The third-order valence-corrected chi connectivity index (χ3v) is 3.35. The van der Waals surface area contributed by atoms with Gasteiger partial charge in [0.05, 0.1) is 12.5 Å². The van der Waals surface area contributed by atoms with Crippen molar-refractivity contribution in [3.05, 3.63) is 46.4 Å². The van der Waals surface area contributed by atoms with Crippen LogP contribution in [0.25, 0.3) is 0 Å². The molecule has 0 radical (unpaired) electrons. The minimum atomic E-state index is 0.388. The topological polar surface area (TPSA) is 58.8 Å². The largest absolute Gasteiger partial charge is 0.439 e. The molecule has 0 aliphatic rings. The first kappa shape index (κ1) is 15.3. The summed E-state index contributed by atoms with van der Waals surface area (Å²) in [6.07, 6.45) is 2.10. The van der Waals surface area contributed by atoms with Crippen LogP contribution in [-0.2, 0) is 12.8 Å². The highest BCUT2D eigenvalue weighted by atomic mass is 35.5. The minimum absolute atomic E-state index is 0.388. The van der Waals surface area contributed by atoms with Crippen molar-refractivity contribution in [3.63, 3.8) is 0 Å². The van der Waals surface area contributed by atoms with Gasteiger partial charge >= 0.3 is 0 Å². The molecule has 2 rings (SSSR count). The van der Waals surface area contributed by atoms with Crippen molar-refractivity contribution in [2.75, 3.05) is 0 Å². The second-order valence-corrected chi connectivity index (χ2v) is 5.05. The van der Waals surface area contributed by atoms with Gasteiger partial charge in [0.1, 0.15) is 16.7 Å². The maximum absolute atomic E-state index is 8.66. The molecule has 0 saturated carbocycles. The quantitative estimate of drug-likeness (QED) is 0.775. The van der Waals surface area contributed by atoms with Gasteiger partial charge in [0, 0.05) is 12.0 Å². The van der Waals surface area contributed by atoms with Crippen molar-refractivity contribution in [3.8, 4) is 17.7 Å². The molecular weight excluding hydrogens is 286 g/mol. The molecule has 0 saturated heterocycles. The van der Waals surface area contributed by atoms with E-state index in [0.29, 0.717) is 29.0 Å². The number of hydrogen-bond acceptors (Lipinski definition) is 4. The van der Waals surface area contributed by atoms with Gasteiger partial charge in [0.15, 0.2) is 0 Å². The third kappa shape index (κ3) is 3.93. The number of nitriles is 1. The van der Waals surface area contributed by atoms with Gasteiger partial charge in [0.2, 0.25) is 5.88 Å². The number of halogens is 1. The molecule has 0 N–H and O–H groups in total. The first-order valence-corrected chi connectivity index (χ1v) is 7.18. The van der Waals surface area contributed by atoms with Crippen LogP contribution in [0.1, 0.15) is 30.3 Å². The Balaban J connectivity index is 2.24. The van der Waals surface area contributed by atoms with Crippen LogP contribution in [0.15, 0.2) is 24.3 Å². The summed E-state index contributed by atoms with van der Waals surface area (Å²) in [5.74, 6) is 1.83.